The van der Waals surface area contributed by atoms with Crippen molar-refractivity contribution in [2.24, 2.45) is 4.99 Å². The van der Waals surface area contributed by atoms with Gasteiger partial charge in [-0.1, -0.05) is 190 Å². The van der Waals surface area contributed by atoms with Crippen LogP contribution in [0.15, 0.2) is 245 Å². The Hall–Kier alpha value is -8.53. The highest BCUT2D eigenvalue weighted by Crippen LogP contribution is 2.45. The van der Waals surface area contributed by atoms with Gasteiger partial charge < -0.3 is 8.83 Å². The van der Waals surface area contributed by atoms with E-state index in [2.05, 4.69) is 176 Å². The first-order chi connectivity index (χ1) is 32.5. The highest BCUT2D eigenvalue weighted by atomic mass is 16.3. The van der Waals surface area contributed by atoms with Crippen LogP contribution in [-0.2, 0) is 0 Å². The van der Waals surface area contributed by atoms with Gasteiger partial charge in [0.15, 0.2) is 0 Å². The number of allylic oxidation sites excluding steroid dienone is 2. The van der Waals surface area contributed by atoms with Crippen molar-refractivity contribution in [2.75, 3.05) is 0 Å². The highest BCUT2D eigenvalue weighted by Gasteiger charge is 2.22. The Balaban J connectivity index is 0.943. The number of benzene rings is 10. The molecule has 0 aliphatic rings. The molecule has 0 aliphatic heterocycles. The summed E-state index contributed by atoms with van der Waals surface area (Å²) in [6.45, 7) is 13.7. The fraction of sp³-hybridized carbons (Fsp3) is 0.0317. The van der Waals surface area contributed by atoms with E-state index in [-0.39, 0.29) is 6.04 Å². The third-order valence-corrected chi connectivity index (χ3v) is 13.2. The van der Waals surface area contributed by atoms with Gasteiger partial charge in [-0.05, 0) is 120 Å². The molecule has 0 fully saturated rings. The molecule has 0 N–H and O–H groups in total. The summed E-state index contributed by atoms with van der Waals surface area (Å²) in [5.41, 5.74) is 13.5. The van der Waals surface area contributed by atoms with Crippen LogP contribution >= 0.6 is 0 Å². The number of fused-ring (bicyclic) bond motifs is 12. The van der Waals surface area contributed by atoms with Crippen LogP contribution in [0.5, 0.6) is 0 Å². The van der Waals surface area contributed by atoms with E-state index < -0.39 is 0 Å². The van der Waals surface area contributed by atoms with Gasteiger partial charge in [-0.25, -0.2) is 0 Å². The van der Waals surface area contributed by atoms with E-state index in [0.29, 0.717) is 6.42 Å². The topological polar surface area (TPSA) is 38.6 Å². The molecule has 0 amide bonds. The van der Waals surface area contributed by atoms with E-state index in [1.54, 1.807) is 0 Å². The number of rotatable bonds is 10. The van der Waals surface area contributed by atoms with Crippen LogP contribution in [-0.4, -0.2) is 5.71 Å². The summed E-state index contributed by atoms with van der Waals surface area (Å²) in [6, 6.07) is 70.0. The third kappa shape index (κ3) is 6.47. The van der Waals surface area contributed by atoms with Crippen molar-refractivity contribution in [1.82, 2.24) is 0 Å². The van der Waals surface area contributed by atoms with Crippen LogP contribution < -0.4 is 0 Å². The maximum atomic E-state index is 6.61. The zero-order chi connectivity index (χ0) is 44.3. The van der Waals surface area contributed by atoms with Crippen LogP contribution in [0.2, 0.25) is 0 Å². The molecule has 3 heteroatoms. The van der Waals surface area contributed by atoms with Crippen LogP contribution in [0.3, 0.4) is 0 Å². The number of furan rings is 2. The maximum Gasteiger partial charge on any atom is 0.143 e. The van der Waals surface area contributed by atoms with Crippen molar-refractivity contribution in [3.8, 4) is 22.3 Å². The molecule has 0 bridgehead atoms. The molecule has 312 valence electrons. The zero-order valence-electron chi connectivity index (χ0n) is 36.3. The van der Waals surface area contributed by atoms with Crippen molar-refractivity contribution in [2.45, 2.75) is 12.5 Å². The van der Waals surface area contributed by atoms with Crippen LogP contribution in [0.25, 0.3) is 104 Å². The third-order valence-electron chi connectivity index (χ3n) is 13.2. The summed E-state index contributed by atoms with van der Waals surface area (Å²) in [4.78, 5) is 5.46. The number of hydrogen-bond acceptors (Lipinski definition) is 3. The molecule has 10 aromatic carbocycles. The van der Waals surface area contributed by atoms with E-state index in [9.17, 15) is 0 Å². The quantitative estimate of drug-likeness (QED) is 0.0781. The van der Waals surface area contributed by atoms with E-state index in [4.69, 9.17) is 27.0 Å². The first kappa shape index (κ1) is 39.1. The van der Waals surface area contributed by atoms with E-state index in [0.717, 1.165) is 99.7 Å². The Labute approximate surface area is 382 Å². The standard InChI is InChI=1S/C63H43NO2/c1-4-56(41-18-6-5-7-19-41)64-62(44-34-35-50-48-24-9-8-22-46(48)47-23-10-11-25-49(47)55(50)38-44)40(3)36-39(2)42-20-14-21-43(37-42)45-27-16-32-58-60(45)61-52(28-17-33-59(61)65-58)54-30-15-29-53-51-26-12-13-31-57(51)66-63(53)54/h4-35,37-38,62H,1-3,36H2/b64-56+. The van der Waals surface area contributed by atoms with Crippen molar-refractivity contribution in [3.05, 3.63) is 248 Å². The average Bonchev–Trinajstić information content (AvgIpc) is 3.96. The number of aliphatic imine (C=N–C) groups is 1. The summed E-state index contributed by atoms with van der Waals surface area (Å²) < 4.78 is 13.2. The summed E-state index contributed by atoms with van der Waals surface area (Å²) >= 11 is 0. The second-order valence-corrected chi connectivity index (χ2v) is 17.1. The van der Waals surface area contributed by atoms with Gasteiger partial charge in [0.2, 0.25) is 0 Å². The Bertz CT molecular complexity index is 3940. The molecule has 12 rings (SSSR count). The number of nitrogens with zero attached hydrogens (tertiary/aromatic N) is 1. The first-order valence-electron chi connectivity index (χ1n) is 22.4. The molecule has 0 radical (unpaired) electrons. The minimum absolute atomic E-state index is 0.367. The molecule has 1 unspecified atom stereocenters. The van der Waals surface area contributed by atoms with Gasteiger partial charge in [-0.2, -0.15) is 0 Å². The van der Waals surface area contributed by atoms with Gasteiger partial charge in [0.1, 0.15) is 22.3 Å². The lowest BCUT2D eigenvalue weighted by Crippen LogP contribution is -2.06. The minimum Gasteiger partial charge on any atom is -0.456 e. The second-order valence-electron chi connectivity index (χ2n) is 17.1. The molecule has 2 heterocycles. The van der Waals surface area contributed by atoms with Crippen molar-refractivity contribution in [3.63, 3.8) is 0 Å². The van der Waals surface area contributed by atoms with Crippen LogP contribution in [0.4, 0.5) is 0 Å². The Morgan fingerprint density at radius 3 is 1.73 bits per heavy atom. The lowest BCUT2D eigenvalue weighted by Gasteiger charge is -2.21. The first-order valence-corrected chi connectivity index (χ1v) is 22.4. The largest absolute Gasteiger partial charge is 0.456 e. The SMILES string of the molecule is C=C/C(=N\C(C(=C)CC(=C)c1cccc(-c2cccc3oc4cccc(-c5cccc6c5oc5ccccc56)c4c23)c1)c1ccc2c3ccccc3c3ccccc3c2c1)c1ccccc1. The smallest absolute Gasteiger partial charge is 0.143 e. The van der Waals surface area contributed by atoms with Crippen molar-refractivity contribution in [1.29, 1.82) is 0 Å². The summed E-state index contributed by atoms with van der Waals surface area (Å²) in [5.74, 6) is 0. The predicted octanol–water partition coefficient (Wildman–Crippen LogP) is 17.7. The average molecular weight is 846 g/mol. The van der Waals surface area contributed by atoms with Crippen LogP contribution in [0, 0.1) is 0 Å². The highest BCUT2D eigenvalue weighted by molar-refractivity contribution is 6.25. The molecule has 0 aliphatic carbocycles. The Kier molecular flexibility index (Phi) is 9.43. The normalized spacial score (nSPS) is 12.5. The molecule has 0 saturated carbocycles. The molecular formula is C63H43NO2. The number of hydrogen-bond donors (Lipinski definition) is 0. The molecule has 0 spiro atoms. The molecule has 3 nitrogen and oxygen atoms in total. The fourth-order valence-electron chi connectivity index (χ4n) is 10.2. The second kappa shape index (κ2) is 15.9. The predicted molar refractivity (Wildman–Crippen MR) is 280 cm³/mol. The fourth-order valence-corrected chi connectivity index (χ4v) is 10.2. The lowest BCUT2D eigenvalue weighted by atomic mass is 9.88. The van der Waals surface area contributed by atoms with Gasteiger partial charge in [0, 0.05) is 27.1 Å². The molecule has 2 aromatic heterocycles. The van der Waals surface area contributed by atoms with Crippen molar-refractivity contribution < 1.29 is 8.83 Å². The van der Waals surface area contributed by atoms with Crippen molar-refractivity contribution >= 4 is 87.5 Å². The number of para-hydroxylation sites is 2. The van der Waals surface area contributed by atoms with Crippen LogP contribution in [0.1, 0.15) is 29.2 Å². The summed E-state index contributed by atoms with van der Waals surface area (Å²) in [6.07, 6.45) is 2.39. The van der Waals surface area contributed by atoms with Gasteiger partial charge >= 0.3 is 0 Å². The molecule has 1 atom stereocenters. The maximum absolute atomic E-state index is 6.61. The van der Waals surface area contributed by atoms with Gasteiger partial charge in [-0.15, -0.1) is 0 Å². The van der Waals surface area contributed by atoms with E-state index in [1.165, 1.54) is 32.3 Å². The summed E-state index contributed by atoms with van der Waals surface area (Å²) in [7, 11) is 0. The molecule has 12 aromatic rings. The molecule has 66 heavy (non-hydrogen) atoms. The molecule has 0 saturated heterocycles. The van der Waals surface area contributed by atoms with Gasteiger partial charge in [0.25, 0.3) is 0 Å². The Morgan fingerprint density at radius 2 is 1.00 bits per heavy atom. The van der Waals surface area contributed by atoms with Gasteiger partial charge in [0.05, 0.1) is 11.8 Å². The molecular weight excluding hydrogens is 803 g/mol. The van der Waals surface area contributed by atoms with E-state index >= 15 is 0 Å². The lowest BCUT2D eigenvalue weighted by molar-refractivity contribution is 0.669. The summed E-state index contributed by atoms with van der Waals surface area (Å²) in [5, 5.41) is 11.7. The zero-order valence-corrected chi connectivity index (χ0v) is 36.3. The Morgan fingerprint density at radius 1 is 0.455 bits per heavy atom. The van der Waals surface area contributed by atoms with E-state index in [1.807, 2.05) is 36.4 Å². The minimum atomic E-state index is -0.367. The monoisotopic (exact) mass is 845 g/mol. The van der Waals surface area contributed by atoms with Gasteiger partial charge in [-0.3, -0.25) is 4.99 Å².